The van der Waals surface area contributed by atoms with Crippen LogP contribution >= 0.6 is 0 Å². The number of hydrogen-bond acceptors (Lipinski definition) is 5. The molecule has 0 N–H and O–H groups in total. The average molecular weight is 855 g/mol. The van der Waals surface area contributed by atoms with Crippen LogP contribution in [0.5, 0.6) is 0 Å². The van der Waals surface area contributed by atoms with Crippen molar-refractivity contribution in [1.29, 1.82) is 0 Å². The lowest BCUT2D eigenvalue weighted by atomic mass is 9.90. The summed E-state index contributed by atoms with van der Waals surface area (Å²) in [6, 6.07) is 80.5. The van der Waals surface area contributed by atoms with Gasteiger partial charge in [0.15, 0.2) is 23.1 Å². The first-order chi connectivity index (χ1) is 33.2. The zero-order chi connectivity index (χ0) is 44.3. The van der Waals surface area contributed by atoms with Gasteiger partial charge in [0.05, 0.1) is 5.52 Å². The molecule has 0 unspecified atom stereocenters. The lowest BCUT2D eigenvalue weighted by molar-refractivity contribution is 0.632. The Balaban J connectivity index is 1.03. The molecule has 3 aromatic heterocycles. The number of benzene rings is 10. The summed E-state index contributed by atoms with van der Waals surface area (Å²) in [6.07, 6.45) is 0. The third kappa shape index (κ3) is 6.64. The predicted octanol–water partition coefficient (Wildman–Crippen LogP) is 16.3. The molecule has 13 aromatic rings. The van der Waals surface area contributed by atoms with Gasteiger partial charge >= 0.3 is 0 Å². The molecule has 0 amide bonds. The third-order valence-electron chi connectivity index (χ3n) is 12.9. The molecule has 0 bridgehead atoms. The second kappa shape index (κ2) is 15.9. The highest BCUT2D eigenvalue weighted by molar-refractivity contribution is 6.26. The van der Waals surface area contributed by atoms with Crippen LogP contribution in [0.2, 0.25) is 0 Å². The molecule has 0 saturated carbocycles. The Bertz CT molecular complexity index is 3940. The van der Waals surface area contributed by atoms with E-state index in [0.717, 1.165) is 83.4 Å². The van der Waals surface area contributed by atoms with Crippen LogP contribution in [-0.4, -0.2) is 19.9 Å². The molecule has 0 aliphatic rings. The maximum Gasteiger partial charge on any atom is 0.164 e. The van der Waals surface area contributed by atoms with Crippen molar-refractivity contribution in [3.05, 3.63) is 231 Å². The van der Waals surface area contributed by atoms with Crippen molar-refractivity contribution in [2.75, 3.05) is 0 Å². The van der Waals surface area contributed by atoms with Gasteiger partial charge in [-0.1, -0.05) is 206 Å². The normalized spacial score (nSPS) is 11.6. The van der Waals surface area contributed by atoms with E-state index in [1.807, 2.05) is 66.7 Å². The minimum atomic E-state index is 0.606. The van der Waals surface area contributed by atoms with E-state index >= 15 is 0 Å². The smallest absolute Gasteiger partial charge is 0.164 e. The highest BCUT2D eigenvalue weighted by atomic mass is 16.3. The van der Waals surface area contributed by atoms with Gasteiger partial charge in [0, 0.05) is 44.2 Å². The number of pyridine rings is 1. The van der Waals surface area contributed by atoms with Crippen molar-refractivity contribution in [2.24, 2.45) is 0 Å². The number of fused-ring (bicyclic) bond motifs is 9. The lowest BCUT2D eigenvalue weighted by Crippen LogP contribution is -2.00. The molecule has 67 heavy (non-hydrogen) atoms. The molecular formula is C62H38N4O. The van der Waals surface area contributed by atoms with Crippen molar-refractivity contribution in [2.45, 2.75) is 0 Å². The second-order valence-electron chi connectivity index (χ2n) is 16.9. The summed E-state index contributed by atoms with van der Waals surface area (Å²) < 4.78 is 7.31. The standard InChI is InChI=1S/C62H38N4O/c1-4-18-39(19-5-1)57-59-56(52-32-14-15-33-54(52)63-57)55(44-34-35-51-49-30-11-10-28-47(49)48-29-12-13-31-50(48)53(51)38-44)58(67-59)45-26-16-24-42(36-45)43-25-17-27-46(37-43)62-65-60(40-20-6-2-7-21-40)64-61(66-62)41-22-8-3-9-23-41/h1-38H. The first kappa shape index (κ1) is 38.4. The first-order valence-electron chi connectivity index (χ1n) is 22.5. The van der Waals surface area contributed by atoms with Gasteiger partial charge in [-0.25, -0.2) is 19.9 Å². The van der Waals surface area contributed by atoms with Crippen molar-refractivity contribution >= 4 is 54.2 Å². The number of nitrogens with zero attached hydrogens (tertiary/aromatic N) is 4. The maximum absolute atomic E-state index is 7.31. The first-order valence-corrected chi connectivity index (χ1v) is 22.5. The van der Waals surface area contributed by atoms with Crippen LogP contribution < -0.4 is 0 Å². The van der Waals surface area contributed by atoms with Crippen LogP contribution in [0.15, 0.2) is 235 Å². The van der Waals surface area contributed by atoms with Crippen molar-refractivity contribution in [3.63, 3.8) is 0 Å². The Morgan fingerprint density at radius 1 is 0.269 bits per heavy atom. The van der Waals surface area contributed by atoms with Crippen LogP contribution in [0, 0.1) is 0 Å². The number of hydrogen-bond donors (Lipinski definition) is 0. The fraction of sp³-hybridized carbons (Fsp3) is 0. The summed E-state index contributed by atoms with van der Waals surface area (Å²) in [5, 5.41) is 9.43. The molecule has 0 spiro atoms. The number of rotatable bonds is 7. The Kier molecular flexibility index (Phi) is 9.10. The van der Waals surface area contributed by atoms with Crippen LogP contribution in [-0.2, 0) is 0 Å². The largest absolute Gasteiger partial charge is 0.453 e. The average Bonchev–Trinajstić information content (AvgIpc) is 3.83. The SMILES string of the molecule is c1ccc(-c2nc(-c3ccccc3)nc(-c3cccc(-c4cccc(-c5oc6c(-c7ccccc7)nc7ccccc7c6c5-c5ccc6c7ccccc7c7ccccc7c6c5)c4)c3)n2)cc1. The van der Waals surface area contributed by atoms with Gasteiger partial charge in [0.25, 0.3) is 0 Å². The van der Waals surface area contributed by atoms with Gasteiger partial charge in [-0.05, 0) is 73.3 Å². The summed E-state index contributed by atoms with van der Waals surface area (Å²) >= 11 is 0. The molecule has 0 saturated heterocycles. The zero-order valence-corrected chi connectivity index (χ0v) is 36.1. The van der Waals surface area contributed by atoms with Crippen LogP contribution in [0.3, 0.4) is 0 Å². The predicted molar refractivity (Wildman–Crippen MR) is 275 cm³/mol. The number of para-hydroxylation sites is 1. The highest BCUT2D eigenvalue weighted by Crippen LogP contribution is 2.48. The monoisotopic (exact) mass is 854 g/mol. The molecule has 0 atom stereocenters. The zero-order valence-electron chi connectivity index (χ0n) is 36.1. The third-order valence-corrected chi connectivity index (χ3v) is 12.9. The Morgan fingerprint density at radius 3 is 1.30 bits per heavy atom. The van der Waals surface area contributed by atoms with E-state index < -0.39 is 0 Å². The van der Waals surface area contributed by atoms with E-state index in [9.17, 15) is 0 Å². The number of furan rings is 1. The van der Waals surface area contributed by atoms with E-state index in [-0.39, 0.29) is 0 Å². The molecule has 5 nitrogen and oxygen atoms in total. The quantitative estimate of drug-likeness (QED) is 0.149. The van der Waals surface area contributed by atoms with Crippen molar-refractivity contribution in [1.82, 2.24) is 19.9 Å². The van der Waals surface area contributed by atoms with Gasteiger partial charge in [-0.15, -0.1) is 0 Å². The van der Waals surface area contributed by atoms with Gasteiger partial charge in [-0.3, -0.25) is 0 Å². The minimum Gasteiger partial charge on any atom is -0.453 e. The maximum atomic E-state index is 7.31. The summed E-state index contributed by atoms with van der Waals surface area (Å²) in [7, 11) is 0. The van der Waals surface area contributed by atoms with Crippen molar-refractivity contribution < 1.29 is 4.42 Å². The molecule has 0 fully saturated rings. The summed E-state index contributed by atoms with van der Waals surface area (Å²) in [5.41, 5.74) is 11.4. The molecule has 10 aromatic carbocycles. The van der Waals surface area contributed by atoms with E-state index in [2.05, 4.69) is 164 Å². The molecular weight excluding hydrogens is 817 g/mol. The Hall–Kier alpha value is -9.06. The summed E-state index contributed by atoms with van der Waals surface area (Å²) in [5.74, 6) is 2.64. The molecule has 0 aliphatic heterocycles. The van der Waals surface area contributed by atoms with E-state index in [0.29, 0.717) is 17.5 Å². The number of aromatic nitrogens is 4. The lowest BCUT2D eigenvalue weighted by Gasteiger charge is -2.13. The van der Waals surface area contributed by atoms with Gasteiger partial charge in [0.1, 0.15) is 11.5 Å². The Labute approximate surface area is 386 Å². The molecule has 13 rings (SSSR count). The fourth-order valence-electron chi connectivity index (χ4n) is 9.76. The fourth-order valence-corrected chi connectivity index (χ4v) is 9.76. The summed E-state index contributed by atoms with van der Waals surface area (Å²) in [6.45, 7) is 0. The molecule has 312 valence electrons. The Morgan fingerprint density at radius 2 is 0.701 bits per heavy atom. The molecule has 5 heteroatoms. The van der Waals surface area contributed by atoms with Gasteiger partial charge in [-0.2, -0.15) is 0 Å². The van der Waals surface area contributed by atoms with E-state index in [1.54, 1.807) is 0 Å². The second-order valence-corrected chi connectivity index (χ2v) is 16.9. The topological polar surface area (TPSA) is 64.7 Å². The van der Waals surface area contributed by atoms with E-state index in [1.165, 1.54) is 32.3 Å². The van der Waals surface area contributed by atoms with Crippen LogP contribution in [0.4, 0.5) is 0 Å². The van der Waals surface area contributed by atoms with Crippen LogP contribution in [0.1, 0.15) is 0 Å². The van der Waals surface area contributed by atoms with Crippen molar-refractivity contribution in [3.8, 4) is 79.0 Å². The van der Waals surface area contributed by atoms with Crippen LogP contribution in [0.25, 0.3) is 133 Å². The molecule has 3 heterocycles. The molecule has 0 aliphatic carbocycles. The van der Waals surface area contributed by atoms with E-state index in [4.69, 9.17) is 24.4 Å². The van der Waals surface area contributed by atoms with Gasteiger partial charge < -0.3 is 4.42 Å². The summed E-state index contributed by atoms with van der Waals surface area (Å²) in [4.78, 5) is 20.3. The minimum absolute atomic E-state index is 0.606. The van der Waals surface area contributed by atoms with Gasteiger partial charge in [0.2, 0.25) is 0 Å². The highest BCUT2D eigenvalue weighted by Gasteiger charge is 2.25. The molecule has 0 radical (unpaired) electrons.